The molecule has 0 spiro atoms. The Kier molecular flexibility index (Phi) is 7.10. The number of hydrogen-bond acceptors (Lipinski definition) is 3. The molecule has 0 bridgehead atoms. The smallest absolute Gasteiger partial charge is 0.238 e. The quantitative estimate of drug-likeness (QED) is 0.762. The van der Waals surface area contributed by atoms with Gasteiger partial charge in [0.2, 0.25) is 5.91 Å². The van der Waals surface area contributed by atoms with Gasteiger partial charge in [-0.05, 0) is 62.4 Å². The monoisotopic (exact) mass is 379 g/mol. The molecule has 1 aliphatic heterocycles. The zero-order valence-corrected chi connectivity index (χ0v) is 17.5. The van der Waals surface area contributed by atoms with Crippen LogP contribution in [0.1, 0.15) is 42.9 Å². The third-order valence-electron chi connectivity index (χ3n) is 5.55. The number of nitrogens with zero attached hydrogens (tertiary/aromatic N) is 2. The number of piperidine rings is 1. The summed E-state index contributed by atoms with van der Waals surface area (Å²) >= 11 is 0. The van der Waals surface area contributed by atoms with Gasteiger partial charge in [-0.3, -0.25) is 9.69 Å². The van der Waals surface area contributed by atoms with Crippen molar-refractivity contribution in [1.82, 2.24) is 4.90 Å². The van der Waals surface area contributed by atoms with Gasteiger partial charge in [0.25, 0.3) is 0 Å². The number of anilines is 2. The molecule has 1 heterocycles. The highest BCUT2D eigenvalue weighted by atomic mass is 16.2. The molecule has 0 radical (unpaired) electrons. The van der Waals surface area contributed by atoms with E-state index >= 15 is 0 Å². The van der Waals surface area contributed by atoms with Gasteiger partial charge in [0.05, 0.1) is 6.54 Å². The normalized spacial score (nSPS) is 14.4. The van der Waals surface area contributed by atoms with Crippen molar-refractivity contribution in [3.63, 3.8) is 0 Å². The van der Waals surface area contributed by atoms with Gasteiger partial charge in [-0.2, -0.15) is 0 Å². The minimum atomic E-state index is 0.0435. The molecular formula is C24H33N3O. The van der Waals surface area contributed by atoms with E-state index in [-0.39, 0.29) is 5.91 Å². The number of nitrogens with one attached hydrogen (secondary N) is 1. The summed E-state index contributed by atoms with van der Waals surface area (Å²) in [6, 6.07) is 14.8. The van der Waals surface area contributed by atoms with Gasteiger partial charge >= 0.3 is 0 Å². The van der Waals surface area contributed by atoms with Crippen LogP contribution in [-0.4, -0.2) is 37.5 Å². The van der Waals surface area contributed by atoms with Crippen LogP contribution in [0.25, 0.3) is 0 Å². The van der Waals surface area contributed by atoms with Crippen molar-refractivity contribution in [2.75, 3.05) is 36.9 Å². The summed E-state index contributed by atoms with van der Waals surface area (Å²) in [6.45, 7) is 7.59. The van der Waals surface area contributed by atoms with Gasteiger partial charge in [0, 0.05) is 31.0 Å². The van der Waals surface area contributed by atoms with Crippen molar-refractivity contribution < 1.29 is 4.79 Å². The lowest BCUT2D eigenvalue weighted by Gasteiger charge is -2.31. The molecule has 0 aliphatic carbocycles. The second-order valence-corrected chi connectivity index (χ2v) is 7.86. The first kappa shape index (κ1) is 20.4. The Morgan fingerprint density at radius 1 is 1.04 bits per heavy atom. The van der Waals surface area contributed by atoms with Gasteiger partial charge in [-0.25, -0.2) is 0 Å². The summed E-state index contributed by atoms with van der Waals surface area (Å²) in [6.07, 6.45) is 4.78. The van der Waals surface area contributed by atoms with Gasteiger partial charge in [0.15, 0.2) is 0 Å². The Morgan fingerprint density at radius 3 is 2.50 bits per heavy atom. The zero-order chi connectivity index (χ0) is 19.9. The van der Waals surface area contributed by atoms with Crippen LogP contribution in [0, 0.1) is 6.92 Å². The van der Waals surface area contributed by atoms with Gasteiger partial charge in [0.1, 0.15) is 0 Å². The Balaban J connectivity index is 1.63. The third-order valence-corrected chi connectivity index (χ3v) is 5.55. The van der Waals surface area contributed by atoms with Crippen LogP contribution >= 0.6 is 0 Å². The zero-order valence-electron chi connectivity index (χ0n) is 17.5. The summed E-state index contributed by atoms with van der Waals surface area (Å²) in [5.41, 5.74) is 5.89. The van der Waals surface area contributed by atoms with Crippen molar-refractivity contribution in [2.24, 2.45) is 0 Å². The van der Waals surface area contributed by atoms with E-state index in [1.54, 1.807) is 0 Å². The summed E-state index contributed by atoms with van der Waals surface area (Å²) in [7, 11) is 2.02. The van der Waals surface area contributed by atoms with Crippen molar-refractivity contribution in [3.05, 3.63) is 59.2 Å². The number of carbonyl (C=O) groups excluding carboxylic acids is 1. The third kappa shape index (κ3) is 5.14. The molecule has 0 atom stereocenters. The van der Waals surface area contributed by atoms with Crippen LogP contribution in [-0.2, 0) is 17.8 Å². The standard InChI is InChI=1S/C24H33N3O/c1-4-20-13-10-11-19(2)24(20)25-23(28)18-26(3)17-21-12-6-7-14-22(21)27-15-8-5-9-16-27/h6-7,10-14H,4-5,8-9,15-18H2,1-3H3,(H,25,28). The minimum Gasteiger partial charge on any atom is -0.371 e. The maximum absolute atomic E-state index is 12.7. The summed E-state index contributed by atoms with van der Waals surface area (Å²) in [4.78, 5) is 17.2. The highest BCUT2D eigenvalue weighted by molar-refractivity contribution is 5.93. The average Bonchev–Trinajstić information content (AvgIpc) is 2.70. The second-order valence-electron chi connectivity index (χ2n) is 7.86. The summed E-state index contributed by atoms with van der Waals surface area (Å²) in [5, 5.41) is 3.13. The summed E-state index contributed by atoms with van der Waals surface area (Å²) < 4.78 is 0. The minimum absolute atomic E-state index is 0.0435. The highest BCUT2D eigenvalue weighted by Crippen LogP contribution is 2.25. The fourth-order valence-corrected chi connectivity index (χ4v) is 4.06. The topological polar surface area (TPSA) is 35.6 Å². The SMILES string of the molecule is CCc1cccc(C)c1NC(=O)CN(C)Cc1ccccc1N1CCCCC1. The Bertz CT molecular complexity index is 796. The van der Waals surface area contributed by atoms with E-state index in [2.05, 4.69) is 52.4 Å². The first-order valence-corrected chi connectivity index (χ1v) is 10.5. The molecule has 4 nitrogen and oxygen atoms in total. The van der Waals surface area contributed by atoms with Gasteiger partial charge in [-0.1, -0.05) is 43.3 Å². The highest BCUT2D eigenvalue weighted by Gasteiger charge is 2.16. The number of carbonyl (C=O) groups is 1. The molecule has 3 rings (SSSR count). The number of aryl methyl sites for hydroxylation is 2. The van der Waals surface area contributed by atoms with Crippen molar-refractivity contribution in [2.45, 2.75) is 46.1 Å². The number of likely N-dealkylation sites (N-methyl/N-ethyl adjacent to an activating group) is 1. The first-order valence-electron chi connectivity index (χ1n) is 10.5. The number of rotatable bonds is 7. The van der Waals surface area contributed by atoms with E-state index in [1.165, 1.54) is 36.1 Å². The first-order chi connectivity index (χ1) is 13.6. The Labute approximate surface area is 169 Å². The van der Waals surface area contributed by atoms with Crippen LogP contribution in [0.15, 0.2) is 42.5 Å². The van der Waals surface area contributed by atoms with Crippen molar-refractivity contribution >= 4 is 17.3 Å². The largest absolute Gasteiger partial charge is 0.371 e. The number of hydrogen-bond donors (Lipinski definition) is 1. The van der Waals surface area contributed by atoms with Crippen LogP contribution < -0.4 is 10.2 Å². The van der Waals surface area contributed by atoms with E-state index in [0.717, 1.165) is 37.3 Å². The van der Waals surface area contributed by atoms with Crippen LogP contribution in [0.5, 0.6) is 0 Å². The van der Waals surface area contributed by atoms with E-state index in [4.69, 9.17) is 0 Å². The maximum atomic E-state index is 12.7. The molecule has 1 aliphatic rings. The molecule has 1 saturated heterocycles. The average molecular weight is 380 g/mol. The van der Waals surface area contributed by atoms with E-state index in [1.807, 2.05) is 26.1 Å². The van der Waals surface area contributed by atoms with Crippen LogP contribution in [0.2, 0.25) is 0 Å². The summed E-state index contributed by atoms with van der Waals surface area (Å²) in [5.74, 6) is 0.0435. The van der Waals surface area contributed by atoms with E-state index in [9.17, 15) is 4.79 Å². The van der Waals surface area contributed by atoms with Gasteiger partial charge < -0.3 is 10.2 Å². The molecule has 1 N–H and O–H groups in total. The lowest BCUT2D eigenvalue weighted by Crippen LogP contribution is -2.33. The molecule has 4 heteroatoms. The fourth-order valence-electron chi connectivity index (χ4n) is 4.06. The number of para-hydroxylation sites is 2. The Hall–Kier alpha value is -2.33. The van der Waals surface area contributed by atoms with E-state index < -0.39 is 0 Å². The second kappa shape index (κ2) is 9.74. The molecule has 150 valence electrons. The lowest BCUT2D eigenvalue weighted by atomic mass is 10.1. The predicted molar refractivity (Wildman–Crippen MR) is 118 cm³/mol. The molecule has 0 aromatic heterocycles. The number of amides is 1. The molecule has 1 fully saturated rings. The van der Waals surface area contributed by atoms with Crippen LogP contribution in [0.4, 0.5) is 11.4 Å². The Morgan fingerprint density at radius 2 is 1.75 bits per heavy atom. The number of benzene rings is 2. The molecule has 2 aromatic carbocycles. The lowest BCUT2D eigenvalue weighted by molar-refractivity contribution is -0.117. The van der Waals surface area contributed by atoms with Crippen molar-refractivity contribution in [3.8, 4) is 0 Å². The molecule has 0 saturated carbocycles. The molecule has 1 amide bonds. The fraction of sp³-hybridized carbons (Fsp3) is 0.458. The maximum Gasteiger partial charge on any atom is 0.238 e. The van der Waals surface area contributed by atoms with E-state index in [0.29, 0.717) is 6.54 Å². The molecule has 28 heavy (non-hydrogen) atoms. The molecule has 2 aromatic rings. The van der Waals surface area contributed by atoms with Gasteiger partial charge in [-0.15, -0.1) is 0 Å². The van der Waals surface area contributed by atoms with Crippen LogP contribution in [0.3, 0.4) is 0 Å². The molecular weight excluding hydrogens is 346 g/mol. The predicted octanol–water partition coefficient (Wildman–Crippen LogP) is 4.62. The van der Waals surface area contributed by atoms with Crippen molar-refractivity contribution in [1.29, 1.82) is 0 Å². The molecule has 0 unspecified atom stereocenters.